The number of rotatable bonds is 3. The van der Waals surface area contributed by atoms with Crippen LogP contribution in [0.4, 0.5) is 0 Å². The van der Waals surface area contributed by atoms with Gasteiger partial charge in [-0.1, -0.05) is 33.1 Å². The fourth-order valence-electron chi connectivity index (χ4n) is 4.07. The highest BCUT2D eigenvalue weighted by molar-refractivity contribution is 5.29. The molecule has 112 valence electrons. The molecule has 0 aromatic carbocycles. The third kappa shape index (κ3) is 3.11. The Morgan fingerprint density at radius 2 is 2.00 bits per heavy atom. The van der Waals surface area contributed by atoms with Crippen molar-refractivity contribution in [1.29, 1.82) is 0 Å². The molecule has 2 nitrogen and oxygen atoms in total. The highest BCUT2D eigenvalue weighted by Crippen LogP contribution is 2.42. The first-order chi connectivity index (χ1) is 9.53. The summed E-state index contributed by atoms with van der Waals surface area (Å²) in [5.41, 5.74) is 1.78. The van der Waals surface area contributed by atoms with Gasteiger partial charge in [0.2, 0.25) is 0 Å². The van der Waals surface area contributed by atoms with Crippen molar-refractivity contribution in [2.24, 2.45) is 11.3 Å². The van der Waals surface area contributed by atoms with E-state index in [-0.39, 0.29) is 0 Å². The van der Waals surface area contributed by atoms with Crippen molar-refractivity contribution in [1.82, 2.24) is 5.32 Å². The van der Waals surface area contributed by atoms with Crippen molar-refractivity contribution in [3.8, 4) is 0 Å². The van der Waals surface area contributed by atoms with Gasteiger partial charge in [0.05, 0.1) is 0 Å². The van der Waals surface area contributed by atoms with Crippen molar-refractivity contribution in [2.45, 2.75) is 71.8 Å². The summed E-state index contributed by atoms with van der Waals surface area (Å²) in [6.07, 6.45) is 9.44. The van der Waals surface area contributed by atoms with Crippen LogP contribution in [0.1, 0.15) is 75.5 Å². The first kappa shape index (κ1) is 14.2. The van der Waals surface area contributed by atoms with E-state index in [0.717, 1.165) is 18.1 Å². The Morgan fingerprint density at radius 1 is 1.25 bits per heavy atom. The molecule has 1 atom stereocenters. The van der Waals surface area contributed by atoms with Crippen LogP contribution in [0.3, 0.4) is 0 Å². The van der Waals surface area contributed by atoms with E-state index >= 15 is 0 Å². The predicted molar refractivity (Wildman–Crippen MR) is 82.9 cm³/mol. The second-order valence-corrected chi connectivity index (χ2v) is 7.75. The molecule has 0 aliphatic heterocycles. The fraction of sp³-hybridized carbons (Fsp3) is 0.778. The van der Waals surface area contributed by atoms with Crippen molar-refractivity contribution >= 4 is 0 Å². The number of furan rings is 1. The van der Waals surface area contributed by atoms with Gasteiger partial charge in [0.25, 0.3) is 0 Å². The fourth-order valence-corrected chi connectivity index (χ4v) is 4.07. The van der Waals surface area contributed by atoms with Crippen LogP contribution >= 0.6 is 0 Å². The van der Waals surface area contributed by atoms with Crippen molar-refractivity contribution < 1.29 is 4.42 Å². The van der Waals surface area contributed by atoms with Gasteiger partial charge in [-0.05, 0) is 50.1 Å². The Balaban J connectivity index is 1.68. The maximum absolute atomic E-state index is 5.92. The molecule has 0 amide bonds. The van der Waals surface area contributed by atoms with Gasteiger partial charge in [-0.15, -0.1) is 0 Å². The first-order valence-electron chi connectivity index (χ1n) is 8.36. The van der Waals surface area contributed by atoms with Crippen LogP contribution in [0.2, 0.25) is 0 Å². The summed E-state index contributed by atoms with van der Waals surface area (Å²) in [6.45, 7) is 7.99. The molecular formula is C18H29NO. The largest absolute Gasteiger partial charge is 0.466 e. The highest BCUT2D eigenvalue weighted by Gasteiger charge is 2.34. The molecule has 2 heteroatoms. The second-order valence-electron chi connectivity index (χ2n) is 7.75. The third-order valence-corrected chi connectivity index (χ3v) is 5.11. The minimum absolute atomic E-state index is 0.349. The molecule has 2 aliphatic carbocycles. The van der Waals surface area contributed by atoms with Crippen molar-refractivity contribution in [2.75, 3.05) is 6.54 Å². The van der Waals surface area contributed by atoms with E-state index in [1.54, 1.807) is 0 Å². The number of aryl methyl sites for hydroxylation is 1. The van der Waals surface area contributed by atoms with Gasteiger partial charge >= 0.3 is 0 Å². The molecule has 1 unspecified atom stereocenters. The van der Waals surface area contributed by atoms with E-state index in [1.165, 1.54) is 56.4 Å². The van der Waals surface area contributed by atoms with Gasteiger partial charge in [0.1, 0.15) is 11.5 Å². The molecule has 1 saturated carbocycles. The van der Waals surface area contributed by atoms with Gasteiger partial charge in [0.15, 0.2) is 0 Å². The minimum Gasteiger partial charge on any atom is -0.466 e. The molecule has 1 heterocycles. The molecule has 1 aromatic rings. The summed E-state index contributed by atoms with van der Waals surface area (Å²) in [5, 5.41) is 3.86. The SMILES string of the molecule is Cc1cc2c(o1)CC(C)(C)CC2NCC1CCCCC1. The van der Waals surface area contributed by atoms with Crippen LogP contribution in [0.25, 0.3) is 0 Å². The van der Waals surface area contributed by atoms with Crippen molar-refractivity contribution in [3.05, 3.63) is 23.2 Å². The lowest BCUT2D eigenvalue weighted by Gasteiger charge is -2.36. The monoisotopic (exact) mass is 275 g/mol. The molecular weight excluding hydrogens is 246 g/mol. The molecule has 0 spiro atoms. The molecule has 1 N–H and O–H groups in total. The zero-order chi connectivity index (χ0) is 14.2. The summed E-state index contributed by atoms with van der Waals surface area (Å²) >= 11 is 0. The van der Waals surface area contributed by atoms with Crippen LogP contribution in [0, 0.1) is 18.3 Å². The van der Waals surface area contributed by atoms with Crippen LogP contribution in [0.15, 0.2) is 10.5 Å². The third-order valence-electron chi connectivity index (χ3n) is 5.11. The average molecular weight is 275 g/mol. The maximum atomic E-state index is 5.92. The molecule has 1 aromatic heterocycles. The Bertz CT molecular complexity index is 454. The Labute approximate surface area is 123 Å². The number of hydrogen-bond acceptors (Lipinski definition) is 2. The predicted octanol–water partition coefficient (Wildman–Crippen LogP) is 4.77. The molecule has 0 saturated heterocycles. The van der Waals surface area contributed by atoms with Gasteiger partial charge < -0.3 is 9.73 Å². The lowest BCUT2D eigenvalue weighted by atomic mass is 9.74. The maximum Gasteiger partial charge on any atom is 0.109 e. The highest BCUT2D eigenvalue weighted by atomic mass is 16.3. The second kappa shape index (κ2) is 5.55. The van der Waals surface area contributed by atoms with Gasteiger partial charge in [-0.25, -0.2) is 0 Å². The van der Waals surface area contributed by atoms with E-state index in [2.05, 4.69) is 32.2 Å². The molecule has 3 rings (SSSR count). The van der Waals surface area contributed by atoms with E-state index < -0.39 is 0 Å². The van der Waals surface area contributed by atoms with Crippen LogP contribution < -0.4 is 5.32 Å². The normalized spacial score (nSPS) is 26.4. The van der Waals surface area contributed by atoms with E-state index in [4.69, 9.17) is 4.42 Å². The lowest BCUT2D eigenvalue weighted by Crippen LogP contribution is -2.35. The first-order valence-corrected chi connectivity index (χ1v) is 8.36. The van der Waals surface area contributed by atoms with E-state index in [0.29, 0.717) is 11.5 Å². The Morgan fingerprint density at radius 3 is 2.75 bits per heavy atom. The van der Waals surface area contributed by atoms with Crippen molar-refractivity contribution in [3.63, 3.8) is 0 Å². The standard InChI is InChI=1S/C18H29NO/c1-13-9-15-16(10-18(2,3)11-17(15)20-13)19-12-14-7-5-4-6-8-14/h9,14,16,19H,4-8,10-12H2,1-3H3. The Hall–Kier alpha value is -0.760. The van der Waals surface area contributed by atoms with Gasteiger partial charge in [0, 0.05) is 18.0 Å². The van der Waals surface area contributed by atoms with Gasteiger partial charge in [-0.3, -0.25) is 0 Å². The molecule has 2 aliphatic rings. The van der Waals surface area contributed by atoms with Gasteiger partial charge in [-0.2, -0.15) is 0 Å². The summed E-state index contributed by atoms with van der Waals surface area (Å²) in [5.74, 6) is 3.18. The van der Waals surface area contributed by atoms with Crippen LogP contribution in [-0.2, 0) is 6.42 Å². The quantitative estimate of drug-likeness (QED) is 0.859. The summed E-state index contributed by atoms with van der Waals surface area (Å²) in [4.78, 5) is 0. The zero-order valence-corrected chi connectivity index (χ0v) is 13.3. The Kier molecular flexibility index (Phi) is 3.94. The molecule has 0 radical (unpaired) electrons. The zero-order valence-electron chi connectivity index (χ0n) is 13.3. The minimum atomic E-state index is 0.349. The average Bonchev–Trinajstić information content (AvgIpc) is 2.76. The van der Waals surface area contributed by atoms with E-state index in [1.807, 2.05) is 0 Å². The summed E-state index contributed by atoms with van der Waals surface area (Å²) in [6, 6.07) is 2.75. The number of hydrogen-bond donors (Lipinski definition) is 1. The van der Waals surface area contributed by atoms with Crippen LogP contribution in [-0.4, -0.2) is 6.54 Å². The molecule has 20 heavy (non-hydrogen) atoms. The molecule has 0 bridgehead atoms. The lowest BCUT2D eigenvalue weighted by molar-refractivity contribution is 0.223. The summed E-state index contributed by atoms with van der Waals surface area (Å²) in [7, 11) is 0. The van der Waals surface area contributed by atoms with Crippen LogP contribution in [0.5, 0.6) is 0 Å². The number of nitrogens with one attached hydrogen (secondary N) is 1. The smallest absolute Gasteiger partial charge is 0.109 e. The number of fused-ring (bicyclic) bond motifs is 1. The summed E-state index contributed by atoms with van der Waals surface area (Å²) < 4.78 is 5.92. The van der Waals surface area contributed by atoms with E-state index in [9.17, 15) is 0 Å². The molecule has 1 fully saturated rings. The topological polar surface area (TPSA) is 25.2 Å².